The van der Waals surface area contributed by atoms with E-state index in [0.29, 0.717) is 6.54 Å². The molecule has 0 atom stereocenters. The molecular formula is C12H10N2OS. The molecule has 0 bridgehead atoms. The monoisotopic (exact) mass is 230 g/mol. The number of thiazole rings is 1. The lowest BCUT2D eigenvalue weighted by Crippen LogP contribution is -1.82. The van der Waals surface area contributed by atoms with Crippen LogP contribution in [0.5, 0.6) is 0 Å². The van der Waals surface area contributed by atoms with E-state index in [9.17, 15) is 4.79 Å². The average molecular weight is 230 g/mol. The summed E-state index contributed by atoms with van der Waals surface area (Å²) >= 11 is 1.56. The molecule has 1 heterocycles. The van der Waals surface area contributed by atoms with Crippen LogP contribution in [0.1, 0.15) is 11.3 Å². The molecule has 0 radical (unpaired) electrons. The number of aromatic nitrogens is 1. The van der Waals surface area contributed by atoms with E-state index < -0.39 is 0 Å². The van der Waals surface area contributed by atoms with E-state index in [0.717, 1.165) is 16.3 Å². The Hall–Kier alpha value is -1.77. The van der Waals surface area contributed by atoms with E-state index in [-0.39, 0.29) is 0 Å². The number of carbonyl (C=O) groups excluding carboxylic acids is 1. The van der Waals surface area contributed by atoms with E-state index in [4.69, 9.17) is 0 Å². The van der Waals surface area contributed by atoms with Gasteiger partial charge in [0.05, 0.1) is 12.2 Å². The second-order valence-corrected chi connectivity index (χ2v) is 4.28. The van der Waals surface area contributed by atoms with E-state index in [1.54, 1.807) is 11.3 Å². The highest BCUT2D eigenvalue weighted by Gasteiger charge is 2.03. The standard InChI is InChI=1S/C12H10N2OS/c1-9-2-4-10(5-3-9)12-14-11(7-16-12)6-13-8-15/h2-5,7H,6H2,1H3. The smallest absolute Gasteiger partial charge is 0.235 e. The first kappa shape index (κ1) is 10.7. The van der Waals surface area contributed by atoms with Gasteiger partial charge in [-0.2, -0.15) is 4.99 Å². The summed E-state index contributed by atoms with van der Waals surface area (Å²) in [7, 11) is 0. The minimum absolute atomic E-state index is 0.311. The summed E-state index contributed by atoms with van der Waals surface area (Å²) in [6.07, 6.45) is 1.51. The number of hydrogen-bond acceptors (Lipinski definition) is 4. The molecule has 0 saturated carbocycles. The van der Waals surface area contributed by atoms with Crippen LogP contribution >= 0.6 is 11.3 Å². The number of aliphatic imine (C=N–C) groups is 1. The molecular weight excluding hydrogens is 220 g/mol. The van der Waals surface area contributed by atoms with E-state index in [1.165, 1.54) is 11.6 Å². The van der Waals surface area contributed by atoms with Crippen LogP contribution in [-0.4, -0.2) is 11.1 Å². The van der Waals surface area contributed by atoms with Gasteiger partial charge in [0.15, 0.2) is 0 Å². The fourth-order valence-electron chi connectivity index (χ4n) is 1.32. The Morgan fingerprint density at radius 1 is 1.38 bits per heavy atom. The van der Waals surface area contributed by atoms with Crippen LogP contribution in [0.3, 0.4) is 0 Å². The quantitative estimate of drug-likeness (QED) is 0.601. The van der Waals surface area contributed by atoms with Gasteiger partial charge in [0.25, 0.3) is 0 Å². The Kier molecular flexibility index (Phi) is 3.25. The number of hydrogen-bond donors (Lipinski definition) is 0. The Labute approximate surface area is 97.5 Å². The minimum Gasteiger partial charge on any atom is -0.239 e. The predicted octanol–water partition coefficient (Wildman–Crippen LogP) is 2.95. The van der Waals surface area contributed by atoms with Gasteiger partial charge in [-0.05, 0) is 6.92 Å². The SMILES string of the molecule is Cc1ccc(-c2nc(CN=C=O)cs2)cc1. The number of benzene rings is 1. The summed E-state index contributed by atoms with van der Waals surface area (Å²) in [6.45, 7) is 2.36. The topological polar surface area (TPSA) is 42.3 Å². The summed E-state index contributed by atoms with van der Waals surface area (Å²) in [6, 6.07) is 8.20. The molecule has 16 heavy (non-hydrogen) atoms. The van der Waals surface area contributed by atoms with Crippen LogP contribution < -0.4 is 0 Å². The average Bonchev–Trinajstić information content (AvgIpc) is 2.76. The molecule has 0 fully saturated rings. The van der Waals surface area contributed by atoms with Crippen LogP contribution in [0, 0.1) is 6.92 Å². The van der Waals surface area contributed by atoms with Crippen molar-refractivity contribution in [3.63, 3.8) is 0 Å². The Bertz CT molecular complexity index is 524. The van der Waals surface area contributed by atoms with Gasteiger partial charge in [0.2, 0.25) is 6.08 Å². The van der Waals surface area contributed by atoms with E-state index in [1.807, 2.05) is 17.5 Å². The molecule has 80 valence electrons. The summed E-state index contributed by atoms with van der Waals surface area (Å²) in [5, 5.41) is 2.87. The lowest BCUT2D eigenvalue weighted by atomic mass is 10.2. The Balaban J connectivity index is 2.24. The number of rotatable bonds is 3. The zero-order valence-electron chi connectivity index (χ0n) is 8.80. The van der Waals surface area contributed by atoms with Gasteiger partial charge in [-0.15, -0.1) is 11.3 Å². The molecule has 4 heteroatoms. The second kappa shape index (κ2) is 4.84. The molecule has 0 amide bonds. The number of nitrogens with zero attached hydrogens (tertiary/aromatic N) is 2. The molecule has 0 aliphatic carbocycles. The third-order valence-electron chi connectivity index (χ3n) is 2.16. The molecule has 0 saturated heterocycles. The summed E-state index contributed by atoms with van der Waals surface area (Å²) < 4.78 is 0. The van der Waals surface area contributed by atoms with Crippen LogP contribution in [0.15, 0.2) is 34.6 Å². The molecule has 0 aliphatic rings. The van der Waals surface area contributed by atoms with Crippen molar-refractivity contribution in [1.29, 1.82) is 0 Å². The Morgan fingerprint density at radius 3 is 2.81 bits per heavy atom. The largest absolute Gasteiger partial charge is 0.239 e. The highest BCUT2D eigenvalue weighted by molar-refractivity contribution is 7.13. The number of isocyanates is 1. The van der Waals surface area contributed by atoms with Crippen LogP contribution in [-0.2, 0) is 11.3 Å². The molecule has 0 unspecified atom stereocenters. The zero-order chi connectivity index (χ0) is 11.4. The van der Waals surface area contributed by atoms with Gasteiger partial charge >= 0.3 is 0 Å². The van der Waals surface area contributed by atoms with Gasteiger partial charge in [0.1, 0.15) is 5.01 Å². The van der Waals surface area contributed by atoms with Gasteiger partial charge < -0.3 is 0 Å². The molecule has 1 aromatic heterocycles. The molecule has 2 aromatic rings. The van der Waals surface area contributed by atoms with Crippen molar-refractivity contribution in [2.75, 3.05) is 0 Å². The summed E-state index contributed by atoms with van der Waals surface area (Å²) in [5.74, 6) is 0. The van der Waals surface area contributed by atoms with E-state index in [2.05, 4.69) is 29.0 Å². The number of aryl methyl sites for hydroxylation is 1. The molecule has 0 aliphatic heterocycles. The lowest BCUT2D eigenvalue weighted by Gasteiger charge is -1.96. The van der Waals surface area contributed by atoms with Crippen molar-refractivity contribution in [3.05, 3.63) is 40.9 Å². The van der Waals surface area contributed by atoms with Crippen molar-refractivity contribution >= 4 is 17.4 Å². The Morgan fingerprint density at radius 2 is 2.12 bits per heavy atom. The maximum atomic E-state index is 9.98. The van der Waals surface area contributed by atoms with Crippen LogP contribution in [0.2, 0.25) is 0 Å². The van der Waals surface area contributed by atoms with E-state index >= 15 is 0 Å². The molecule has 2 rings (SSSR count). The first-order chi connectivity index (χ1) is 7.79. The minimum atomic E-state index is 0.311. The zero-order valence-corrected chi connectivity index (χ0v) is 9.62. The van der Waals surface area contributed by atoms with Gasteiger partial charge in [-0.25, -0.2) is 9.78 Å². The first-order valence-corrected chi connectivity index (χ1v) is 5.72. The second-order valence-electron chi connectivity index (χ2n) is 3.42. The lowest BCUT2D eigenvalue weighted by molar-refractivity contribution is 0.562. The van der Waals surface area contributed by atoms with Gasteiger partial charge in [0, 0.05) is 10.9 Å². The summed E-state index contributed by atoms with van der Waals surface area (Å²) in [5.41, 5.74) is 3.13. The molecule has 0 N–H and O–H groups in total. The van der Waals surface area contributed by atoms with Crippen molar-refractivity contribution in [1.82, 2.24) is 4.98 Å². The molecule has 0 spiro atoms. The van der Waals surface area contributed by atoms with Crippen LogP contribution in [0.25, 0.3) is 10.6 Å². The van der Waals surface area contributed by atoms with Crippen molar-refractivity contribution in [2.45, 2.75) is 13.5 Å². The van der Waals surface area contributed by atoms with Crippen molar-refractivity contribution < 1.29 is 4.79 Å². The predicted molar refractivity (Wildman–Crippen MR) is 64.1 cm³/mol. The van der Waals surface area contributed by atoms with Crippen molar-refractivity contribution in [3.8, 4) is 10.6 Å². The normalized spacial score (nSPS) is 9.81. The first-order valence-electron chi connectivity index (χ1n) is 4.84. The molecule has 1 aromatic carbocycles. The maximum absolute atomic E-state index is 9.98. The summed E-state index contributed by atoms with van der Waals surface area (Å²) in [4.78, 5) is 17.9. The fraction of sp³-hybridized carbons (Fsp3) is 0.167. The third-order valence-corrected chi connectivity index (χ3v) is 3.10. The van der Waals surface area contributed by atoms with Crippen molar-refractivity contribution in [2.24, 2.45) is 4.99 Å². The fourth-order valence-corrected chi connectivity index (χ4v) is 2.14. The highest BCUT2D eigenvalue weighted by atomic mass is 32.1. The highest BCUT2D eigenvalue weighted by Crippen LogP contribution is 2.24. The molecule has 3 nitrogen and oxygen atoms in total. The van der Waals surface area contributed by atoms with Crippen LogP contribution in [0.4, 0.5) is 0 Å². The van der Waals surface area contributed by atoms with Gasteiger partial charge in [-0.1, -0.05) is 29.8 Å². The third kappa shape index (κ3) is 2.42. The maximum Gasteiger partial charge on any atom is 0.235 e. The van der Waals surface area contributed by atoms with Gasteiger partial charge in [-0.3, -0.25) is 0 Å².